The van der Waals surface area contributed by atoms with E-state index in [2.05, 4.69) is 21.6 Å². The first kappa shape index (κ1) is 24.3. The zero-order valence-corrected chi connectivity index (χ0v) is 18.9. The Bertz CT molecular complexity index is 1150. The van der Waals surface area contributed by atoms with Gasteiger partial charge in [-0.05, 0) is 19.9 Å². The van der Waals surface area contributed by atoms with Crippen LogP contribution < -0.4 is 4.74 Å². The van der Waals surface area contributed by atoms with Gasteiger partial charge in [0, 0.05) is 49.6 Å². The molecule has 0 saturated heterocycles. The first-order valence-corrected chi connectivity index (χ1v) is 10.3. The van der Waals surface area contributed by atoms with E-state index >= 15 is 0 Å². The first-order valence-electron chi connectivity index (χ1n) is 10.3. The van der Waals surface area contributed by atoms with Crippen LogP contribution in [0.3, 0.4) is 0 Å². The van der Waals surface area contributed by atoms with Crippen molar-refractivity contribution < 1.29 is 27.4 Å². The molecule has 1 atom stereocenters. The Labute approximate surface area is 189 Å². The summed E-state index contributed by atoms with van der Waals surface area (Å²) in [7, 11) is 3.20. The van der Waals surface area contributed by atoms with Crippen molar-refractivity contribution in [2.45, 2.75) is 32.7 Å². The number of H-pyrrole nitrogens is 1. The Hall–Kier alpha value is -3.34. The predicted molar refractivity (Wildman–Crippen MR) is 117 cm³/mol. The lowest BCUT2D eigenvalue weighted by atomic mass is 10.1. The third-order valence-electron chi connectivity index (χ3n) is 5.12. The number of methoxy groups -OCH3 is 1. The Morgan fingerprint density at radius 3 is 2.76 bits per heavy atom. The number of amides is 1. The van der Waals surface area contributed by atoms with E-state index < -0.39 is 18.2 Å². The minimum absolute atomic E-state index is 0.0996. The normalized spacial score (nSPS) is 12.7. The van der Waals surface area contributed by atoms with Crippen molar-refractivity contribution in [2.24, 2.45) is 7.05 Å². The summed E-state index contributed by atoms with van der Waals surface area (Å²) in [5, 5.41) is 5.31. The SMILES string of the molecule is C=Cc1c[nH]c2ncc(-c3c(COC)nn(C)c3OC(C)CN(CC)C(=O)C(F)(F)F)cc12. The average Bonchev–Trinajstić information content (AvgIpc) is 3.31. The number of nitrogens with zero attached hydrogens (tertiary/aromatic N) is 4. The molecule has 0 aliphatic heterocycles. The lowest BCUT2D eigenvalue weighted by Gasteiger charge is -2.26. The fraction of sp³-hybridized carbons (Fsp3) is 0.409. The standard InChI is InChI=1S/C22H26F3N5O3/c1-6-14-9-26-19-16(14)8-15(10-27-19)18-17(12-32-5)28-29(4)20(18)33-13(3)11-30(7-2)21(31)22(23,24)25/h6,8-10,13H,1,7,11-12H2,2-5H3,(H,26,27). The third kappa shape index (κ3) is 5.03. The molecule has 0 aromatic carbocycles. The molecule has 1 unspecified atom stereocenters. The number of pyridine rings is 1. The average molecular weight is 465 g/mol. The molecular weight excluding hydrogens is 439 g/mol. The second kappa shape index (κ2) is 9.65. The van der Waals surface area contributed by atoms with Gasteiger partial charge in [-0.1, -0.05) is 12.7 Å². The number of carbonyl (C=O) groups is 1. The number of ether oxygens (including phenoxy) is 2. The van der Waals surface area contributed by atoms with Gasteiger partial charge in [0.15, 0.2) is 0 Å². The summed E-state index contributed by atoms with van der Waals surface area (Å²) < 4.78 is 51.5. The van der Waals surface area contributed by atoms with E-state index in [9.17, 15) is 18.0 Å². The van der Waals surface area contributed by atoms with E-state index in [0.717, 1.165) is 10.9 Å². The highest BCUT2D eigenvalue weighted by atomic mass is 19.4. The van der Waals surface area contributed by atoms with E-state index in [1.54, 1.807) is 32.4 Å². The van der Waals surface area contributed by atoms with Crippen molar-refractivity contribution >= 4 is 23.0 Å². The van der Waals surface area contributed by atoms with Crippen molar-refractivity contribution in [3.05, 3.63) is 36.3 Å². The highest BCUT2D eigenvalue weighted by Crippen LogP contribution is 2.36. The summed E-state index contributed by atoms with van der Waals surface area (Å²) in [6.45, 7) is 6.74. The fourth-order valence-corrected chi connectivity index (χ4v) is 3.63. The molecule has 1 amide bonds. The van der Waals surface area contributed by atoms with Gasteiger partial charge in [0.1, 0.15) is 11.8 Å². The molecule has 1 N–H and O–H groups in total. The topological polar surface area (TPSA) is 85.3 Å². The van der Waals surface area contributed by atoms with Gasteiger partial charge in [-0.15, -0.1) is 0 Å². The molecule has 178 valence electrons. The van der Waals surface area contributed by atoms with Gasteiger partial charge in [0.2, 0.25) is 5.88 Å². The molecule has 0 fully saturated rings. The Morgan fingerprint density at radius 1 is 1.42 bits per heavy atom. The Morgan fingerprint density at radius 2 is 2.15 bits per heavy atom. The quantitative estimate of drug-likeness (QED) is 0.518. The molecule has 0 spiro atoms. The zero-order chi connectivity index (χ0) is 24.3. The molecular formula is C22H26F3N5O3. The maximum atomic E-state index is 12.9. The molecule has 3 aromatic heterocycles. The molecule has 11 heteroatoms. The number of aromatic amines is 1. The van der Waals surface area contributed by atoms with E-state index in [4.69, 9.17) is 9.47 Å². The second-order valence-electron chi connectivity index (χ2n) is 7.52. The van der Waals surface area contributed by atoms with Crippen LogP contribution >= 0.6 is 0 Å². The molecule has 8 nitrogen and oxygen atoms in total. The number of carbonyl (C=O) groups excluding carboxylic acids is 1. The summed E-state index contributed by atoms with van der Waals surface area (Å²) in [5.41, 5.74) is 3.45. The fourth-order valence-electron chi connectivity index (χ4n) is 3.63. The van der Waals surface area contributed by atoms with Gasteiger partial charge in [0.25, 0.3) is 0 Å². The van der Waals surface area contributed by atoms with Crippen LogP contribution in [0.25, 0.3) is 28.2 Å². The molecule has 3 aromatic rings. The van der Waals surface area contributed by atoms with Crippen molar-refractivity contribution in [1.82, 2.24) is 24.6 Å². The van der Waals surface area contributed by atoms with E-state index in [-0.39, 0.29) is 19.7 Å². The minimum Gasteiger partial charge on any atom is -0.472 e. The molecule has 0 radical (unpaired) electrons. The maximum absolute atomic E-state index is 12.9. The molecule has 3 heterocycles. The summed E-state index contributed by atoms with van der Waals surface area (Å²) in [6.07, 6.45) is -0.525. The second-order valence-corrected chi connectivity index (χ2v) is 7.52. The Kier molecular flexibility index (Phi) is 7.11. The van der Waals surface area contributed by atoms with Crippen LogP contribution in [0.5, 0.6) is 5.88 Å². The summed E-state index contributed by atoms with van der Waals surface area (Å²) >= 11 is 0. The van der Waals surface area contributed by atoms with Crippen molar-refractivity contribution in [1.29, 1.82) is 0 Å². The lowest BCUT2D eigenvalue weighted by molar-refractivity contribution is -0.186. The highest BCUT2D eigenvalue weighted by Gasteiger charge is 2.42. The van der Waals surface area contributed by atoms with Crippen LogP contribution in [-0.4, -0.2) is 63.0 Å². The monoisotopic (exact) mass is 465 g/mol. The van der Waals surface area contributed by atoms with E-state index in [0.29, 0.717) is 33.2 Å². The molecule has 0 aliphatic rings. The van der Waals surface area contributed by atoms with Crippen LogP contribution in [-0.2, 0) is 23.2 Å². The van der Waals surface area contributed by atoms with Gasteiger partial charge in [-0.3, -0.25) is 4.79 Å². The van der Waals surface area contributed by atoms with Gasteiger partial charge < -0.3 is 19.4 Å². The number of aryl methyl sites for hydroxylation is 1. The smallest absolute Gasteiger partial charge is 0.471 e. The maximum Gasteiger partial charge on any atom is 0.471 e. The van der Waals surface area contributed by atoms with Crippen molar-refractivity contribution in [3.8, 4) is 17.0 Å². The lowest BCUT2D eigenvalue weighted by Crippen LogP contribution is -2.45. The minimum atomic E-state index is -4.94. The number of halogens is 3. The molecule has 33 heavy (non-hydrogen) atoms. The number of likely N-dealkylation sites (N-methyl/N-ethyl adjacent to an activating group) is 1. The van der Waals surface area contributed by atoms with Gasteiger partial charge in [-0.2, -0.15) is 18.3 Å². The number of nitrogens with one attached hydrogen (secondary N) is 1. The van der Waals surface area contributed by atoms with Gasteiger partial charge in [0.05, 0.1) is 24.4 Å². The summed E-state index contributed by atoms with van der Waals surface area (Å²) in [4.78, 5) is 19.9. The van der Waals surface area contributed by atoms with Gasteiger partial charge >= 0.3 is 12.1 Å². The summed E-state index contributed by atoms with van der Waals surface area (Å²) in [5.74, 6) is -1.56. The number of hydrogen-bond donors (Lipinski definition) is 1. The number of alkyl halides is 3. The highest BCUT2D eigenvalue weighted by molar-refractivity contribution is 5.90. The summed E-state index contributed by atoms with van der Waals surface area (Å²) in [6, 6.07) is 1.91. The van der Waals surface area contributed by atoms with Crippen LogP contribution in [0.15, 0.2) is 25.0 Å². The van der Waals surface area contributed by atoms with Crippen LogP contribution in [0, 0.1) is 0 Å². The van der Waals surface area contributed by atoms with Crippen molar-refractivity contribution in [3.63, 3.8) is 0 Å². The molecule has 3 rings (SSSR count). The van der Waals surface area contributed by atoms with Crippen LogP contribution in [0.1, 0.15) is 25.1 Å². The van der Waals surface area contributed by atoms with Gasteiger partial charge in [-0.25, -0.2) is 9.67 Å². The predicted octanol–water partition coefficient (Wildman–Crippen LogP) is 3.93. The van der Waals surface area contributed by atoms with Crippen LogP contribution in [0.4, 0.5) is 13.2 Å². The van der Waals surface area contributed by atoms with Crippen LogP contribution in [0.2, 0.25) is 0 Å². The van der Waals surface area contributed by atoms with E-state index in [1.807, 2.05) is 6.07 Å². The number of fused-ring (bicyclic) bond motifs is 1. The first-order chi connectivity index (χ1) is 15.6. The number of aromatic nitrogens is 4. The Balaban J connectivity index is 1.98. The molecule has 0 saturated carbocycles. The molecule has 0 bridgehead atoms. The zero-order valence-electron chi connectivity index (χ0n) is 18.9. The largest absolute Gasteiger partial charge is 0.472 e. The number of hydrogen-bond acceptors (Lipinski definition) is 5. The number of rotatable bonds is 9. The van der Waals surface area contributed by atoms with Crippen molar-refractivity contribution in [2.75, 3.05) is 20.2 Å². The third-order valence-corrected chi connectivity index (χ3v) is 5.12. The van der Waals surface area contributed by atoms with E-state index in [1.165, 1.54) is 18.7 Å². The molecule has 0 aliphatic carbocycles.